The Morgan fingerprint density at radius 2 is 1.89 bits per heavy atom. The van der Waals surface area contributed by atoms with Crippen molar-refractivity contribution in [2.24, 2.45) is 0 Å². The molecule has 0 bridgehead atoms. The maximum atomic E-state index is 6.42. The minimum atomic E-state index is 0.281. The van der Waals surface area contributed by atoms with Gasteiger partial charge in [-0.3, -0.25) is 0 Å². The van der Waals surface area contributed by atoms with Crippen molar-refractivity contribution in [1.29, 1.82) is 0 Å². The van der Waals surface area contributed by atoms with E-state index in [-0.39, 0.29) is 6.04 Å². The molecule has 100 valence electrons. The fraction of sp³-hybridized carbons (Fsp3) is 0.294. The van der Waals surface area contributed by atoms with Gasteiger partial charge in [-0.25, -0.2) is 0 Å². The van der Waals surface area contributed by atoms with Gasteiger partial charge in [0, 0.05) is 11.1 Å². The average molecular weight is 274 g/mol. The van der Waals surface area contributed by atoms with Crippen LogP contribution in [0.1, 0.15) is 31.0 Å². The van der Waals surface area contributed by atoms with E-state index in [9.17, 15) is 0 Å². The summed E-state index contributed by atoms with van der Waals surface area (Å²) in [4.78, 5) is 0. The van der Waals surface area contributed by atoms with Gasteiger partial charge in [-0.05, 0) is 48.7 Å². The Morgan fingerprint density at radius 1 is 1.16 bits per heavy atom. The van der Waals surface area contributed by atoms with E-state index in [2.05, 4.69) is 68.6 Å². The van der Waals surface area contributed by atoms with Crippen molar-refractivity contribution in [2.75, 3.05) is 6.54 Å². The molecule has 0 radical (unpaired) electrons. The molecule has 0 fully saturated rings. The highest BCUT2D eigenvalue weighted by atomic mass is 35.5. The van der Waals surface area contributed by atoms with Gasteiger partial charge >= 0.3 is 0 Å². The topological polar surface area (TPSA) is 12.0 Å². The van der Waals surface area contributed by atoms with Gasteiger partial charge in [0.1, 0.15) is 0 Å². The van der Waals surface area contributed by atoms with Crippen LogP contribution < -0.4 is 5.32 Å². The Labute approximate surface area is 120 Å². The lowest BCUT2D eigenvalue weighted by Gasteiger charge is -2.16. The largest absolute Gasteiger partial charge is 0.310 e. The maximum Gasteiger partial charge on any atom is 0.0459 e. The van der Waals surface area contributed by atoms with Crippen molar-refractivity contribution in [3.8, 4) is 11.1 Å². The number of benzene rings is 2. The molecule has 0 aliphatic heterocycles. The van der Waals surface area contributed by atoms with E-state index in [1.165, 1.54) is 16.7 Å². The summed E-state index contributed by atoms with van der Waals surface area (Å²) >= 11 is 6.42. The molecule has 0 spiro atoms. The zero-order valence-electron chi connectivity index (χ0n) is 11.7. The highest BCUT2D eigenvalue weighted by Crippen LogP contribution is 2.30. The van der Waals surface area contributed by atoms with Crippen molar-refractivity contribution >= 4 is 11.6 Å². The molecule has 2 aromatic rings. The highest BCUT2D eigenvalue weighted by Gasteiger charge is 2.10. The molecular weight excluding hydrogens is 254 g/mol. The predicted octanol–water partition coefficient (Wildman–Crippen LogP) is 4.99. The summed E-state index contributed by atoms with van der Waals surface area (Å²) in [7, 11) is 0. The lowest BCUT2D eigenvalue weighted by atomic mass is 9.98. The Hall–Kier alpha value is -1.31. The fourth-order valence-electron chi connectivity index (χ4n) is 2.36. The molecule has 19 heavy (non-hydrogen) atoms. The first kappa shape index (κ1) is 14.1. The van der Waals surface area contributed by atoms with E-state index in [0.717, 1.165) is 17.1 Å². The van der Waals surface area contributed by atoms with Crippen LogP contribution in [0.15, 0.2) is 42.5 Å². The number of aryl methyl sites for hydroxylation is 1. The molecule has 0 saturated carbocycles. The molecule has 1 nitrogen and oxygen atoms in total. The van der Waals surface area contributed by atoms with Crippen molar-refractivity contribution in [3.63, 3.8) is 0 Å². The van der Waals surface area contributed by atoms with Crippen molar-refractivity contribution in [3.05, 3.63) is 58.6 Å². The van der Waals surface area contributed by atoms with Crippen molar-refractivity contribution < 1.29 is 0 Å². The lowest BCUT2D eigenvalue weighted by molar-refractivity contribution is 0.598. The first-order valence-corrected chi connectivity index (χ1v) is 7.10. The molecule has 0 aliphatic rings. The molecule has 0 saturated heterocycles. The second-order valence-corrected chi connectivity index (χ2v) is 5.24. The molecule has 0 amide bonds. The summed E-state index contributed by atoms with van der Waals surface area (Å²) in [6.07, 6.45) is 0. The highest BCUT2D eigenvalue weighted by molar-refractivity contribution is 6.31. The molecule has 2 rings (SSSR count). The van der Waals surface area contributed by atoms with Crippen LogP contribution >= 0.6 is 11.6 Å². The third-order valence-electron chi connectivity index (χ3n) is 3.43. The van der Waals surface area contributed by atoms with Crippen LogP contribution in [0, 0.1) is 6.92 Å². The quantitative estimate of drug-likeness (QED) is 0.828. The third-order valence-corrected chi connectivity index (χ3v) is 3.76. The Bertz CT molecular complexity index is 563. The van der Waals surface area contributed by atoms with Crippen molar-refractivity contribution in [1.82, 2.24) is 5.32 Å². The predicted molar refractivity (Wildman–Crippen MR) is 83.7 cm³/mol. The zero-order chi connectivity index (χ0) is 13.8. The van der Waals surface area contributed by atoms with Gasteiger partial charge in [-0.1, -0.05) is 54.9 Å². The first-order chi connectivity index (χ1) is 9.13. The first-order valence-electron chi connectivity index (χ1n) is 6.72. The van der Waals surface area contributed by atoms with Crippen molar-refractivity contribution in [2.45, 2.75) is 26.8 Å². The normalized spacial score (nSPS) is 12.4. The van der Waals surface area contributed by atoms with Crippen LogP contribution in [0.5, 0.6) is 0 Å². The fourth-order valence-corrected chi connectivity index (χ4v) is 2.70. The Kier molecular flexibility index (Phi) is 4.62. The molecule has 2 heteroatoms. The zero-order valence-corrected chi connectivity index (χ0v) is 12.5. The van der Waals surface area contributed by atoms with E-state index in [4.69, 9.17) is 11.6 Å². The molecular formula is C17H20ClN. The summed E-state index contributed by atoms with van der Waals surface area (Å²) in [6.45, 7) is 7.31. The van der Waals surface area contributed by atoms with Crippen LogP contribution in [0.4, 0.5) is 0 Å². The molecule has 0 aliphatic carbocycles. The maximum absolute atomic E-state index is 6.42. The molecule has 1 unspecified atom stereocenters. The minimum Gasteiger partial charge on any atom is -0.310 e. The van der Waals surface area contributed by atoms with Gasteiger partial charge in [0.15, 0.2) is 0 Å². The van der Waals surface area contributed by atoms with Gasteiger partial charge in [-0.2, -0.15) is 0 Å². The smallest absolute Gasteiger partial charge is 0.0459 e. The summed E-state index contributed by atoms with van der Waals surface area (Å²) in [5, 5.41) is 4.22. The van der Waals surface area contributed by atoms with Gasteiger partial charge in [0.05, 0.1) is 0 Å². The second-order valence-electron chi connectivity index (χ2n) is 4.83. The lowest BCUT2D eigenvalue weighted by Crippen LogP contribution is -2.17. The van der Waals surface area contributed by atoms with Crippen LogP contribution in [0.25, 0.3) is 11.1 Å². The summed E-state index contributed by atoms with van der Waals surface area (Å²) in [6, 6.07) is 15.0. The third kappa shape index (κ3) is 3.17. The Balaban J connectivity index is 2.37. The number of hydrogen-bond donors (Lipinski definition) is 1. The minimum absolute atomic E-state index is 0.281. The van der Waals surface area contributed by atoms with E-state index < -0.39 is 0 Å². The summed E-state index contributed by atoms with van der Waals surface area (Å²) in [5.41, 5.74) is 4.84. The number of nitrogens with one attached hydrogen (secondary N) is 1. The molecule has 0 aromatic heterocycles. The SMILES string of the molecule is CCNC(C)c1ccc(-c2ccccc2C)cc1Cl. The molecule has 2 aromatic carbocycles. The van der Waals surface area contributed by atoms with E-state index in [0.29, 0.717) is 0 Å². The average Bonchev–Trinajstić information content (AvgIpc) is 2.39. The van der Waals surface area contributed by atoms with Gasteiger partial charge in [0.2, 0.25) is 0 Å². The molecule has 1 N–H and O–H groups in total. The summed E-state index contributed by atoms with van der Waals surface area (Å²) < 4.78 is 0. The number of halogens is 1. The van der Waals surface area contributed by atoms with Gasteiger partial charge in [-0.15, -0.1) is 0 Å². The van der Waals surface area contributed by atoms with E-state index >= 15 is 0 Å². The van der Waals surface area contributed by atoms with Crippen LogP contribution in [-0.2, 0) is 0 Å². The van der Waals surface area contributed by atoms with Crippen LogP contribution in [0.2, 0.25) is 5.02 Å². The molecule has 0 heterocycles. The van der Waals surface area contributed by atoms with Crippen LogP contribution in [0.3, 0.4) is 0 Å². The number of rotatable bonds is 4. The Morgan fingerprint density at radius 3 is 2.53 bits per heavy atom. The van der Waals surface area contributed by atoms with Crippen LogP contribution in [-0.4, -0.2) is 6.54 Å². The monoisotopic (exact) mass is 273 g/mol. The second kappa shape index (κ2) is 6.23. The number of hydrogen-bond acceptors (Lipinski definition) is 1. The van der Waals surface area contributed by atoms with Gasteiger partial charge < -0.3 is 5.32 Å². The van der Waals surface area contributed by atoms with E-state index in [1.807, 2.05) is 0 Å². The standard InChI is InChI=1S/C17H20ClN/c1-4-19-13(3)16-10-9-14(11-17(16)18)15-8-6-5-7-12(15)2/h5-11,13,19H,4H2,1-3H3. The molecule has 1 atom stereocenters. The van der Waals surface area contributed by atoms with Gasteiger partial charge in [0.25, 0.3) is 0 Å². The summed E-state index contributed by atoms with van der Waals surface area (Å²) in [5.74, 6) is 0. The van der Waals surface area contributed by atoms with E-state index in [1.54, 1.807) is 0 Å².